The summed E-state index contributed by atoms with van der Waals surface area (Å²) >= 11 is 0. The molecule has 1 aromatic carbocycles. The van der Waals surface area contributed by atoms with Gasteiger partial charge in [0.1, 0.15) is 0 Å². The number of imide groups is 1. The zero-order valence-corrected chi connectivity index (χ0v) is 21.0. The smallest absolute Gasteiger partial charge is 0.284 e. The second-order valence-electron chi connectivity index (χ2n) is 10.2. The third-order valence-corrected chi connectivity index (χ3v) is 7.93. The molecule has 200 valence electrons. The van der Waals surface area contributed by atoms with Gasteiger partial charge in [-0.25, -0.2) is 8.78 Å². The lowest BCUT2D eigenvalue weighted by Gasteiger charge is -2.38. The predicted octanol–water partition coefficient (Wildman–Crippen LogP) is 2.38. The van der Waals surface area contributed by atoms with Gasteiger partial charge in [0.05, 0.1) is 17.6 Å². The molecule has 4 heterocycles. The molecule has 3 fully saturated rings. The highest BCUT2D eigenvalue weighted by Crippen LogP contribution is 2.29. The van der Waals surface area contributed by atoms with Crippen LogP contribution in [0.25, 0.3) is 0 Å². The fourth-order valence-corrected chi connectivity index (χ4v) is 5.63. The summed E-state index contributed by atoms with van der Waals surface area (Å²) in [5.74, 6) is -0.638. The van der Waals surface area contributed by atoms with Crippen LogP contribution in [0, 0.1) is 0 Å². The third kappa shape index (κ3) is 5.93. The van der Waals surface area contributed by atoms with Crippen molar-refractivity contribution in [3.63, 3.8) is 0 Å². The number of aromatic nitrogens is 2. The molecule has 3 saturated heterocycles. The van der Waals surface area contributed by atoms with Crippen molar-refractivity contribution in [1.29, 1.82) is 0 Å². The van der Waals surface area contributed by atoms with E-state index in [0.29, 0.717) is 12.8 Å². The van der Waals surface area contributed by atoms with Gasteiger partial charge in [-0.3, -0.25) is 24.5 Å². The number of halogens is 2. The predicted molar refractivity (Wildman–Crippen MR) is 137 cm³/mol. The van der Waals surface area contributed by atoms with Crippen LogP contribution >= 0.6 is 0 Å². The molecule has 1 atom stereocenters. The minimum atomic E-state index is -2.64. The van der Waals surface area contributed by atoms with E-state index in [-0.39, 0.29) is 35.2 Å². The molecule has 2 aromatic rings. The van der Waals surface area contributed by atoms with Gasteiger partial charge in [-0.15, -0.1) is 0 Å². The van der Waals surface area contributed by atoms with Crippen LogP contribution in [0.3, 0.4) is 0 Å². The van der Waals surface area contributed by atoms with Gasteiger partial charge in [-0.2, -0.15) is 5.10 Å². The summed E-state index contributed by atoms with van der Waals surface area (Å²) in [5.41, 5.74) is 7.57. The largest absolute Gasteiger partial charge is 0.396 e. The number of amides is 2. The lowest BCUT2D eigenvalue weighted by molar-refractivity contribution is -0.134. The van der Waals surface area contributed by atoms with Crippen LogP contribution in [0.1, 0.15) is 55.3 Å². The van der Waals surface area contributed by atoms with Gasteiger partial charge in [-0.1, -0.05) is 12.1 Å². The minimum absolute atomic E-state index is 0.0711. The Balaban J connectivity index is 1.03. The quantitative estimate of drug-likeness (QED) is 0.547. The van der Waals surface area contributed by atoms with E-state index in [1.807, 2.05) is 12.1 Å². The van der Waals surface area contributed by atoms with Crippen molar-refractivity contribution >= 4 is 23.2 Å². The van der Waals surface area contributed by atoms with E-state index in [2.05, 4.69) is 37.2 Å². The number of anilines is 2. The molecule has 2 amide bonds. The SMILES string of the molecule is Nc1cn(C2CCN(CCN3CCN(c4ccc(C5CCC(=O)NC5=O)cc4)CC3)CC2)nc1C(F)F. The van der Waals surface area contributed by atoms with Crippen LogP contribution in [-0.2, 0) is 9.59 Å². The standard InChI is InChI=1S/C26H35F2N7O2/c27-25(28)24-22(29)17-35(31-24)20-7-9-32(10-8-20)11-12-33-13-15-34(16-14-33)19-3-1-18(2-4-19)21-5-6-23(36)30-26(21)37/h1-4,17,20-21,25H,5-16,29H2,(H,30,36,37). The summed E-state index contributed by atoms with van der Waals surface area (Å²) in [5, 5.41) is 6.46. The molecule has 0 saturated carbocycles. The average Bonchev–Trinajstić information content (AvgIpc) is 3.30. The molecule has 0 radical (unpaired) electrons. The number of rotatable bonds is 7. The van der Waals surface area contributed by atoms with Crippen molar-refractivity contribution < 1.29 is 18.4 Å². The number of alkyl halides is 2. The second kappa shape index (κ2) is 11.1. The molecule has 11 heteroatoms. The summed E-state index contributed by atoms with van der Waals surface area (Å²) in [4.78, 5) is 30.8. The number of benzene rings is 1. The topological polar surface area (TPSA) is 99.7 Å². The Morgan fingerprint density at radius 2 is 1.59 bits per heavy atom. The van der Waals surface area contributed by atoms with Crippen molar-refractivity contribution in [3.05, 3.63) is 41.7 Å². The van der Waals surface area contributed by atoms with Crippen LogP contribution in [0.5, 0.6) is 0 Å². The molecule has 3 aliphatic heterocycles. The molecule has 0 spiro atoms. The van der Waals surface area contributed by atoms with Crippen LogP contribution in [0.15, 0.2) is 30.5 Å². The molecular weight excluding hydrogens is 480 g/mol. The normalized spacial score (nSPS) is 22.6. The van der Waals surface area contributed by atoms with E-state index in [4.69, 9.17) is 5.73 Å². The maximum atomic E-state index is 13.0. The maximum Gasteiger partial charge on any atom is 0.284 e. The van der Waals surface area contributed by atoms with Crippen LogP contribution < -0.4 is 16.0 Å². The Bertz CT molecular complexity index is 1090. The van der Waals surface area contributed by atoms with Crippen molar-refractivity contribution in [2.45, 2.75) is 44.1 Å². The van der Waals surface area contributed by atoms with Gasteiger partial charge in [0.2, 0.25) is 11.8 Å². The minimum Gasteiger partial charge on any atom is -0.396 e. The molecule has 0 aliphatic carbocycles. The van der Waals surface area contributed by atoms with Gasteiger partial charge < -0.3 is 15.5 Å². The van der Waals surface area contributed by atoms with Crippen molar-refractivity contribution in [3.8, 4) is 0 Å². The number of carbonyl (C=O) groups excluding carboxylic acids is 2. The zero-order chi connectivity index (χ0) is 25.9. The summed E-state index contributed by atoms with van der Waals surface area (Å²) in [6.45, 7) is 7.75. The summed E-state index contributed by atoms with van der Waals surface area (Å²) < 4.78 is 27.6. The maximum absolute atomic E-state index is 13.0. The Kier molecular flexibility index (Phi) is 7.71. The first-order valence-corrected chi connectivity index (χ1v) is 13.1. The fourth-order valence-electron chi connectivity index (χ4n) is 5.63. The Hall–Kier alpha value is -3.05. The monoisotopic (exact) mass is 515 g/mol. The number of nitrogen functional groups attached to an aromatic ring is 1. The first kappa shape index (κ1) is 25.6. The Morgan fingerprint density at radius 3 is 2.19 bits per heavy atom. The first-order chi connectivity index (χ1) is 17.9. The van der Waals surface area contributed by atoms with E-state index in [1.54, 1.807) is 10.9 Å². The number of hydrogen-bond acceptors (Lipinski definition) is 7. The molecule has 9 nitrogen and oxygen atoms in total. The van der Waals surface area contributed by atoms with E-state index >= 15 is 0 Å². The molecule has 3 aliphatic rings. The first-order valence-electron chi connectivity index (χ1n) is 13.1. The summed E-state index contributed by atoms with van der Waals surface area (Å²) in [7, 11) is 0. The molecule has 1 aromatic heterocycles. The van der Waals surface area contributed by atoms with Crippen LogP contribution in [0.2, 0.25) is 0 Å². The number of piperidine rings is 2. The van der Waals surface area contributed by atoms with Gasteiger partial charge >= 0.3 is 0 Å². The molecule has 5 rings (SSSR count). The number of hydrogen-bond donors (Lipinski definition) is 2. The van der Waals surface area contributed by atoms with Gasteiger partial charge in [0.15, 0.2) is 5.69 Å². The van der Waals surface area contributed by atoms with Crippen molar-refractivity contribution in [1.82, 2.24) is 24.9 Å². The number of nitrogens with one attached hydrogen (secondary N) is 1. The van der Waals surface area contributed by atoms with E-state index in [1.165, 1.54) is 0 Å². The summed E-state index contributed by atoms with van der Waals surface area (Å²) in [6, 6.07) is 8.30. The number of carbonyl (C=O) groups is 2. The zero-order valence-electron chi connectivity index (χ0n) is 21.0. The number of nitrogens with zero attached hydrogens (tertiary/aromatic N) is 5. The van der Waals surface area contributed by atoms with E-state index in [9.17, 15) is 18.4 Å². The highest BCUT2D eigenvalue weighted by molar-refractivity contribution is 6.00. The summed E-state index contributed by atoms with van der Waals surface area (Å²) in [6.07, 6.45) is 1.62. The van der Waals surface area contributed by atoms with Gasteiger partial charge in [0.25, 0.3) is 6.43 Å². The third-order valence-electron chi connectivity index (χ3n) is 7.93. The highest BCUT2D eigenvalue weighted by atomic mass is 19.3. The average molecular weight is 516 g/mol. The van der Waals surface area contributed by atoms with Crippen molar-refractivity contribution in [2.24, 2.45) is 0 Å². The number of piperazine rings is 1. The molecular formula is C26H35F2N7O2. The van der Waals surface area contributed by atoms with Crippen molar-refractivity contribution in [2.75, 3.05) is 63.0 Å². The van der Waals surface area contributed by atoms with E-state index < -0.39 is 6.43 Å². The second-order valence-corrected chi connectivity index (χ2v) is 10.2. The Morgan fingerprint density at radius 1 is 0.946 bits per heavy atom. The number of nitrogens with two attached hydrogens (primary N) is 1. The molecule has 37 heavy (non-hydrogen) atoms. The molecule has 3 N–H and O–H groups in total. The van der Waals surface area contributed by atoms with E-state index in [0.717, 1.165) is 76.5 Å². The number of likely N-dealkylation sites (tertiary alicyclic amines) is 1. The fraction of sp³-hybridized carbons (Fsp3) is 0.577. The molecule has 0 bridgehead atoms. The van der Waals surface area contributed by atoms with Gasteiger partial charge in [0, 0.05) is 70.7 Å². The lowest BCUT2D eigenvalue weighted by Crippen LogP contribution is -2.49. The van der Waals surface area contributed by atoms with Crippen LogP contribution in [-0.4, -0.2) is 83.8 Å². The lowest BCUT2D eigenvalue weighted by atomic mass is 9.90. The Labute approximate surface area is 215 Å². The highest BCUT2D eigenvalue weighted by Gasteiger charge is 2.28. The van der Waals surface area contributed by atoms with Gasteiger partial charge in [-0.05, 0) is 37.0 Å². The molecule has 1 unspecified atom stereocenters. The van der Waals surface area contributed by atoms with Crippen LogP contribution in [0.4, 0.5) is 20.2 Å².